The van der Waals surface area contributed by atoms with E-state index in [2.05, 4.69) is 5.32 Å². The van der Waals surface area contributed by atoms with Crippen molar-refractivity contribution in [2.75, 3.05) is 0 Å². The lowest BCUT2D eigenvalue weighted by atomic mass is 9.82. The molecule has 2 nitrogen and oxygen atoms in total. The lowest BCUT2D eigenvalue weighted by Crippen LogP contribution is -2.50. The van der Waals surface area contributed by atoms with Gasteiger partial charge in [-0.2, -0.15) is 13.2 Å². The topological polar surface area (TPSA) is 38.0 Å². The first-order chi connectivity index (χ1) is 8.47. The van der Waals surface area contributed by atoms with E-state index in [-0.39, 0.29) is 24.5 Å². The summed E-state index contributed by atoms with van der Waals surface area (Å²) in [6, 6.07) is 0.101. The first-order valence-corrected chi connectivity index (χ1v) is 7.05. The molecular weight excluding hydrogens is 241 g/mol. The van der Waals surface area contributed by atoms with Crippen molar-refractivity contribution >= 4 is 0 Å². The van der Waals surface area contributed by atoms with Crippen LogP contribution in [0.25, 0.3) is 0 Å². The van der Waals surface area contributed by atoms with Crippen molar-refractivity contribution in [3.63, 3.8) is 0 Å². The molecule has 2 aliphatic carbocycles. The summed E-state index contributed by atoms with van der Waals surface area (Å²) >= 11 is 0. The van der Waals surface area contributed by atoms with Gasteiger partial charge < -0.3 is 11.1 Å². The number of halogens is 3. The van der Waals surface area contributed by atoms with Crippen molar-refractivity contribution < 1.29 is 13.2 Å². The first-order valence-electron chi connectivity index (χ1n) is 7.05. The smallest absolute Gasteiger partial charge is 0.328 e. The summed E-state index contributed by atoms with van der Waals surface area (Å²) in [4.78, 5) is 0. The van der Waals surface area contributed by atoms with Gasteiger partial charge in [0.25, 0.3) is 0 Å². The third-order valence-corrected chi connectivity index (χ3v) is 4.41. The van der Waals surface area contributed by atoms with Gasteiger partial charge in [0.15, 0.2) is 0 Å². The van der Waals surface area contributed by atoms with E-state index in [0.29, 0.717) is 12.8 Å². The molecule has 0 aromatic carbocycles. The molecule has 0 amide bonds. The molecule has 0 aromatic heterocycles. The lowest BCUT2D eigenvalue weighted by molar-refractivity contribution is -0.189. The highest BCUT2D eigenvalue weighted by Gasteiger charge is 2.45. The second-order valence-corrected chi connectivity index (χ2v) is 5.82. The van der Waals surface area contributed by atoms with Crippen LogP contribution in [0.1, 0.15) is 51.4 Å². The van der Waals surface area contributed by atoms with Crippen LogP contribution in [0.2, 0.25) is 0 Å². The zero-order chi connectivity index (χ0) is 13.2. The maximum Gasteiger partial charge on any atom is 0.393 e. The van der Waals surface area contributed by atoms with E-state index in [1.807, 2.05) is 0 Å². The number of hydrogen-bond donors (Lipinski definition) is 2. The number of alkyl halides is 3. The monoisotopic (exact) mass is 264 g/mol. The Labute approximate surface area is 106 Å². The number of hydrogen-bond acceptors (Lipinski definition) is 2. The molecule has 2 unspecified atom stereocenters. The predicted molar refractivity (Wildman–Crippen MR) is 65.2 cm³/mol. The SMILES string of the molecule is NC1CCC(NC2CCCCC2C(F)(F)F)CC1. The second-order valence-electron chi connectivity index (χ2n) is 5.82. The maximum absolute atomic E-state index is 12.9. The Kier molecular flexibility index (Phi) is 4.54. The normalized spacial score (nSPS) is 38.7. The van der Waals surface area contributed by atoms with Crippen LogP contribution in [0.15, 0.2) is 0 Å². The summed E-state index contributed by atoms with van der Waals surface area (Å²) in [6.45, 7) is 0. The average molecular weight is 264 g/mol. The molecule has 5 heteroatoms. The van der Waals surface area contributed by atoms with E-state index in [4.69, 9.17) is 5.73 Å². The molecule has 2 fully saturated rings. The molecule has 2 aliphatic rings. The van der Waals surface area contributed by atoms with Gasteiger partial charge in [0, 0.05) is 18.1 Å². The molecule has 0 spiro atoms. The largest absolute Gasteiger partial charge is 0.393 e. The molecule has 0 radical (unpaired) electrons. The molecule has 0 heterocycles. The minimum absolute atomic E-state index is 0.234. The van der Waals surface area contributed by atoms with Crippen molar-refractivity contribution in [1.29, 1.82) is 0 Å². The molecule has 106 valence electrons. The highest BCUT2D eigenvalue weighted by molar-refractivity contribution is 4.89. The molecule has 2 rings (SSSR count). The highest BCUT2D eigenvalue weighted by atomic mass is 19.4. The summed E-state index contributed by atoms with van der Waals surface area (Å²) in [5.74, 6) is -1.15. The predicted octanol–water partition coefficient (Wildman–Crippen LogP) is 2.97. The molecule has 2 saturated carbocycles. The number of nitrogens with one attached hydrogen (secondary N) is 1. The molecule has 18 heavy (non-hydrogen) atoms. The Bertz CT molecular complexity index is 259. The Hall–Kier alpha value is -0.290. The molecule has 0 aromatic rings. The summed E-state index contributed by atoms with van der Waals surface area (Å²) in [7, 11) is 0. The Morgan fingerprint density at radius 1 is 0.889 bits per heavy atom. The van der Waals surface area contributed by atoms with E-state index in [1.165, 1.54) is 0 Å². The van der Waals surface area contributed by atoms with Crippen molar-refractivity contribution in [1.82, 2.24) is 5.32 Å². The molecule has 0 saturated heterocycles. The minimum Gasteiger partial charge on any atom is -0.328 e. The fraction of sp³-hybridized carbons (Fsp3) is 1.00. The minimum atomic E-state index is -4.05. The molecule has 0 bridgehead atoms. The van der Waals surface area contributed by atoms with Gasteiger partial charge in [0.05, 0.1) is 5.92 Å². The summed E-state index contributed by atoms with van der Waals surface area (Å²) in [6.07, 6.45) is 2.21. The average Bonchev–Trinajstić information content (AvgIpc) is 2.31. The van der Waals surface area contributed by atoms with Crippen LogP contribution in [-0.2, 0) is 0 Å². The molecule has 2 atom stereocenters. The van der Waals surface area contributed by atoms with Crippen LogP contribution in [-0.4, -0.2) is 24.3 Å². The third-order valence-electron chi connectivity index (χ3n) is 4.41. The Balaban J connectivity index is 1.89. The van der Waals surface area contributed by atoms with E-state index in [9.17, 15) is 13.2 Å². The van der Waals surface area contributed by atoms with Crippen molar-refractivity contribution in [3.8, 4) is 0 Å². The van der Waals surface area contributed by atoms with Gasteiger partial charge in [-0.1, -0.05) is 12.8 Å². The maximum atomic E-state index is 12.9. The van der Waals surface area contributed by atoms with Crippen molar-refractivity contribution in [2.24, 2.45) is 11.7 Å². The zero-order valence-corrected chi connectivity index (χ0v) is 10.7. The van der Waals surface area contributed by atoms with Crippen molar-refractivity contribution in [2.45, 2.75) is 75.7 Å². The van der Waals surface area contributed by atoms with E-state index in [1.54, 1.807) is 0 Å². The van der Waals surface area contributed by atoms with Crippen LogP contribution in [0.4, 0.5) is 13.2 Å². The lowest BCUT2D eigenvalue weighted by Gasteiger charge is -2.38. The quantitative estimate of drug-likeness (QED) is 0.804. The van der Waals surface area contributed by atoms with Crippen LogP contribution >= 0.6 is 0 Å². The summed E-state index contributed by atoms with van der Waals surface area (Å²) in [5.41, 5.74) is 5.82. The fourth-order valence-corrected chi connectivity index (χ4v) is 3.31. The van der Waals surface area contributed by atoms with Crippen LogP contribution < -0.4 is 11.1 Å². The van der Waals surface area contributed by atoms with Gasteiger partial charge in [-0.25, -0.2) is 0 Å². The first kappa shape index (κ1) is 14.1. The Morgan fingerprint density at radius 2 is 1.50 bits per heavy atom. The zero-order valence-electron chi connectivity index (χ0n) is 10.7. The van der Waals surface area contributed by atoms with Gasteiger partial charge in [-0.05, 0) is 38.5 Å². The van der Waals surface area contributed by atoms with E-state index >= 15 is 0 Å². The fourth-order valence-electron chi connectivity index (χ4n) is 3.31. The standard InChI is InChI=1S/C13H23F3N2/c14-13(15,16)11-3-1-2-4-12(11)18-10-7-5-9(17)6-8-10/h9-12,18H,1-8,17H2. The van der Waals surface area contributed by atoms with Crippen LogP contribution in [0.5, 0.6) is 0 Å². The van der Waals surface area contributed by atoms with Gasteiger partial charge in [-0.15, -0.1) is 0 Å². The molecule has 0 aliphatic heterocycles. The molecule has 3 N–H and O–H groups in total. The second kappa shape index (κ2) is 5.78. The summed E-state index contributed by atoms with van der Waals surface area (Å²) in [5, 5.41) is 3.26. The van der Waals surface area contributed by atoms with E-state index in [0.717, 1.165) is 32.1 Å². The van der Waals surface area contributed by atoms with E-state index < -0.39 is 12.1 Å². The third kappa shape index (κ3) is 3.60. The van der Waals surface area contributed by atoms with Crippen molar-refractivity contribution in [3.05, 3.63) is 0 Å². The highest BCUT2D eigenvalue weighted by Crippen LogP contribution is 2.38. The van der Waals surface area contributed by atoms with Crippen LogP contribution in [0.3, 0.4) is 0 Å². The number of nitrogens with two attached hydrogens (primary N) is 1. The van der Waals surface area contributed by atoms with Gasteiger partial charge in [-0.3, -0.25) is 0 Å². The Morgan fingerprint density at radius 3 is 2.11 bits per heavy atom. The van der Waals surface area contributed by atoms with Gasteiger partial charge in [0.1, 0.15) is 0 Å². The summed E-state index contributed by atoms with van der Waals surface area (Å²) < 4.78 is 38.8. The van der Waals surface area contributed by atoms with Gasteiger partial charge in [0.2, 0.25) is 0 Å². The molecular formula is C13H23F3N2. The number of rotatable bonds is 2. The van der Waals surface area contributed by atoms with Crippen LogP contribution in [0, 0.1) is 5.92 Å². The van der Waals surface area contributed by atoms with Gasteiger partial charge >= 0.3 is 6.18 Å².